The molecule has 84 heavy (non-hydrogen) atoms. The molecule has 0 saturated carbocycles. The predicted molar refractivity (Wildman–Crippen MR) is 314 cm³/mol. The first kappa shape index (κ1) is 74.6. The summed E-state index contributed by atoms with van der Waals surface area (Å²) < 4.78 is 56.2. The van der Waals surface area contributed by atoms with Gasteiger partial charge in [-0.1, -0.05) is 103 Å². The molecule has 25 nitrogen and oxygen atoms in total. The number of ether oxygens (including phenoxy) is 3. The summed E-state index contributed by atoms with van der Waals surface area (Å²) in [5, 5.41) is 10.8. The van der Waals surface area contributed by atoms with Gasteiger partial charge in [-0.3, -0.25) is 33.0 Å². The van der Waals surface area contributed by atoms with Gasteiger partial charge >= 0.3 is 33.7 Å². The lowest BCUT2D eigenvalue weighted by atomic mass is 9.90. The van der Waals surface area contributed by atoms with Crippen LogP contribution >= 0.6 is 15.6 Å². The molecule has 0 fully saturated rings. The van der Waals surface area contributed by atoms with Crippen LogP contribution in [0.2, 0.25) is 0 Å². The van der Waals surface area contributed by atoms with Crippen molar-refractivity contribution in [3.63, 3.8) is 0 Å². The van der Waals surface area contributed by atoms with Crippen molar-refractivity contribution in [1.29, 1.82) is 0 Å². The highest BCUT2D eigenvalue weighted by atomic mass is 31.3. The van der Waals surface area contributed by atoms with Crippen LogP contribution in [-0.2, 0) is 76.7 Å². The number of alkyl carbamates (subject to hydrolysis) is 1. The van der Waals surface area contributed by atoms with Crippen molar-refractivity contribution in [3.05, 3.63) is 59.2 Å². The van der Waals surface area contributed by atoms with Crippen LogP contribution in [0.25, 0.3) is 0 Å². The first-order valence-electron chi connectivity index (χ1n) is 28.9. The first-order chi connectivity index (χ1) is 39.5. The van der Waals surface area contributed by atoms with Gasteiger partial charge in [-0.2, -0.15) is 4.31 Å². The maximum Gasteiger partial charge on any atom is 0.481 e. The number of esters is 2. The van der Waals surface area contributed by atoms with E-state index in [2.05, 4.69) is 25.6 Å². The molecule has 4 unspecified atom stereocenters. The smallest absolute Gasteiger partial charge is 0.456 e. The molecule has 6 amide bonds. The lowest BCUT2D eigenvalue weighted by Gasteiger charge is -2.33. The highest BCUT2D eigenvalue weighted by Gasteiger charge is 2.39. The summed E-state index contributed by atoms with van der Waals surface area (Å²) in [6, 6.07) is 4.10. The molecular formula is C57H95N7O18P2. The highest BCUT2D eigenvalue weighted by Crippen LogP contribution is 2.60. The quantitative estimate of drug-likeness (QED) is 0.0186. The zero-order valence-electron chi connectivity index (χ0n) is 51.1. The van der Waals surface area contributed by atoms with Gasteiger partial charge in [0.25, 0.3) is 5.91 Å². The molecule has 1 aromatic rings. The van der Waals surface area contributed by atoms with Crippen LogP contribution in [0.5, 0.6) is 0 Å². The molecular weight excluding hydrogens is 1130 g/mol. The number of carbonyl (C=O) groups is 8. The zero-order chi connectivity index (χ0) is 63.3. The van der Waals surface area contributed by atoms with Crippen LogP contribution in [0.4, 0.5) is 4.79 Å². The SMILES string of the molecule is C/C=C(\C)C1OC(=O)[C@@H](C)NC(=O)[C@H](C(C)CC)NC(=O)CN(C)C(=O)[C@@H](Cc2ccccc2)N(C)C(=O)[C@H](C)NC(=O)[C@@H](CC(C)C)OC(=O)/C(C)=C/C[C@H](OC(=O)NCCCCCCCOP(=O)(O)OP(=O)(O)OCCCCCN)[C@@H]1C. The van der Waals surface area contributed by atoms with E-state index in [1.807, 2.05) is 20.8 Å². The minimum Gasteiger partial charge on any atom is -0.456 e. The molecule has 8 N–H and O–H groups in total. The lowest BCUT2D eigenvalue weighted by molar-refractivity contribution is -0.155. The van der Waals surface area contributed by atoms with Gasteiger partial charge in [0.2, 0.25) is 23.6 Å². The molecule has 11 atom stereocenters. The Balaban J connectivity index is 2.44. The maximum atomic E-state index is 14.3. The van der Waals surface area contributed by atoms with Gasteiger partial charge in [0.05, 0.1) is 19.8 Å². The predicted octanol–water partition coefficient (Wildman–Crippen LogP) is 6.30. The van der Waals surface area contributed by atoms with Gasteiger partial charge in [0, 0.05) is 45.0 Å². The van der Waals surface area contributed by atoms with Crippen molar-refractivity contribution in [2.75, 3.05) is 46.9 Å². The Hall–Kier alpha value is -5.52. The Morgan fingerprint density at radius 2 is 1.42 bits per heavy atom. The minimum atomic E-state index is -4.90. The second kappa shape index (κ2) is 37.8. The van der Waals surface area contributed by atoms with Gasteiger partial charge in [-0.25, -0.2) is 23.5 Å². The molecule has 1 aliphatic heterocycles. The Morgan fingerprint density at radius 1 is 0.833 bits per heavy atom. The number of unbranched alkanes of at least 4 members (excludes halogenated alkanes) is 6. The summed E-state index contributed by atoms with van der Waals surface area (Å²) in [4.78, 5) is 134. The zero-order valence-corrected chi connectivity index (χ0v) is 52.9. The number of allylic oxidation sites excluding steroid dienone is 1. The van der Waals surface area contributed by atoms with E-state index in [1.54, 1.807) is 64.1 Å². The number of nitrogens with two attached hydrogens (primary N) is 1. The number of phosphoric acid groups is 2. The first-order valence-corrected chi connectivity index (χ1v) is 31.9. The van der Waals surface area contributed by atoms with E-state index in [4.69, 9.17) is 29.0 Å². The third kappa shape index (κ3) is 27.2. The van der Waals surface area contributed by atoms with Crippen LogP contribution in [-0.4, -0.2) is 157 Å². The summed E-state index contributed by atoms with van der Waals surface area (Å²) in [7, 11) is -6.95. The maximum absolute atomic E-state index is 14.3. The molecule has 0 saturated heterocycles. The molecule has 0 spiro atoms. The van der Waals surface area contributed by atoms with Crippen molar-refractivity contribution in [2.24, 2.45) is 23.5 Å². The number of nitrogens with one attached hydrogen (secondary N) is 4. The fourth-order valence-electron chi connectivity index (χ4n) is 8.78. The number of likely N-dealkylation sites (N-methyl/N-ethyl adjacent to an activating group) is 2. The van der Waals surface area contributed by atoms with Crippen LogP contribution in [0, 0.1) is 17.8 Å². The van der Waals surface area contributed by atoms with E-state index in [9.17, 15) is 57.3 Å². The monoisotopic (exact) mass is 1230 g/mol. The molecule has 476 valence electrons. The average molecular weight is 1230 g/mol. The second-order valence-corrected chi connectivity index (χ2v) is 24.9. The normalized spacial score (nSPS) is 25.2. The highest BCUT2D eigenvalue weighted by molar-refractivity contribution is 7.61. The van der Waals surface area contributed by atoms with E-state index in [1.165, 1.54) is 45.8 Å². The Morgan fingerprint density at radius 3 is 2.00 bits per heavy atom. The van der Waals surface area contributed by atoms with Crippen LogP contribution < -0.4 is 27.0 Å². The molecule has 0 bridgehead atoms. The van der Waals surface area contributed by atoms with Crippen molar-refractivity contribution in [1.82, 2.24) is 31.1 Å². The largest absolute Gasteiger partial charge is 0.481 e. The molecule has 0 radical (unpaired) electrons. The molecule has 0 aromatic heterocycles. The van der Waals surface area contributed by atoms with E-state index < -0.39 is 124 Å². The van der Waals surface area contributed by atoms with Crippen molar-refractivity contribution < 1.29 is 84.8 Å². The average Bonchev–Trinajstić information content (AvgIpc) is 3.44. The number of cyclic esters (lactones) is 2. The number of carbonyl (C=O) groups excluding carboxylic acids is 8. The Kier molecular flexibility index (Phi) is 33.6. The van der Waals surface area contributed by atoms with Crippen LogP contribution in [0.15, 0.2) is 53.6 Å². The third-order valence-electron chi connectivity index (χ3n) is 14.2. The van der Waals surface area contributed by atoms with Gasteiger partial charge in [0.1, 0.15) is 36.4 Å². The number of nitrogens with zero attached hydrogens (tertiary/aromatic N) is 2. The minimum absolute atomic E-state index is 0.0388. The Bertz CT molecular complexity index is 2470. The molecule has 27 heteroatoms. The Labute approximate surface area is 495 Å². The van der Waals surface area contributed by atoms with Crippen LogP contribution in [0.1, 0.15) is 145 Å². The number of hydrogen-bond donors (Lipinski definition) is 7. The van der Waals surface area contributed by atoms with Gasteiger partial charge in [-0.05, 0) is 103 Å². The van der Waals surface area contributed by atoms with E-state index in [-0.39, 0.29) is 50.5 Å². The number of amides is 6. The van der Waals surface area contributed by atoms with Gasteiger partial charge < -0.3 is 60.8 Å². The van der Waals surface area contributed by atoms with E-state index in [0.717, 1.165) is 4.90 Å². The summed E-state index contributed by atoms with van der Waals surface area (Å²) >= 11 is 0. The van der Waals surface area contributed by atoms with Crippen molar-refractivity contribution >= 4 is 63.2 Å². The lowest BCUT2D eigenvalue weighted by Crippen LogP contribution is -2.57. The van der Waals surface area contributed by atoms with Gasteiger partial charge in [0.15, 0.2) is 6.10 Å². The number of benzene rings is 1. The number of rotatable bonds is 25. The van der Waals surface area contributed by atoms with Crippen molar-refractivity contribution in [3.8, 4) is 0 Å². The second-order valence-electron chi connectivity index (χ2n) is 21.8. The molecule has 2 rings (SSSR count). The van der Waals surface area contributed by atoms with Gasteiger partial charge in [-0.15, -0.1) is 0 Å². The van der Waals surface area contributed by atoms with Crippen molar-refractivity contribution in [2.45, 2.75) is 189 Å². The van der Waals surface area contributed by atoms with E-state index >= 15 is 0 Å². The molecule has 1 aromatic carbocycles. The molecule has 1 heterocycles. The fraction of sp³-hybridized carbons (Fsp3) is 0.684. The van der Waals surface area contributed by atoms with E-state index in [0.29, 0.717) is 75.5 Å². The number of hydrogen-bond acceptors (Lipinski definition) is 17. The van der Waals surface area contributed by atoms with Crippen LogP contribution in [0.3, 0.4) is 0 Å². The standard InChI is InChI=1S/C57H95N7O18P2/c1-13-38(5)49-52(67)61-43(10)56(71)81-50(39(6)14-2)41(8)46(80-57(72)59-31-23-16-15-17-24-32-77-83(73,74)82-84(75,76)78-33-25-19-22-30-58)29-28-40(7)55(70)79-47(34-37(3)4)51(66)60-42(9)53(68)64(12)45(35-44-26-20-18-21-27-44)54(69)63(11)36-48(65)62-49/h14,18,20-21,26-28,37-38,41-43,45-47,49-50H,13,15-17,19,22-25,29-36,58H2,1-12H3,(H,59,72)(H,60,66)(H,61,67)(H,62,65)(H,73,74)(H,75,76)/b39-14+,40-28+/t38?,41-,42-,43+,45+,46-,47+,49-,50?/m0/s1. The fourth-order valence-corrected chi connectivity index (χ4v) is 10.9. The summed E-state index contributed by atoms with van der Waals surface area (Å²) in [5.74, 6) is -6.58. The molecule has 1 aliphatic rings. The summed E-state index contributed by atoms with van der Waals surface area (Å²) in [6.45, 7) is 16.3. The molecule has 0 aliphatic carbocycles. The summed E-state index contributed by atoms with van der Waals surface area (Å²) in [5.41, 5.74) is 6.72. The topological polar surface area (TPSA) is 347 Å². The third-order valence-corrected chi connectivity index (χ3v) is 16.9. The summed E-state index contributed by atoms with van der Waals surface area (Å²) in [6.07, 6.45) is 3.53. The number of phosphoric ester groups is 2.